The van der Waals surface area contributed by atoms with E-state index in [0.29, 0.717) is 19.6 Å². The Balaban J connectivity index is 1.50. The minimum absolute atomic E-state index is 0.0838. The van der Waals surface area contributed by atoms with Crippen LogP contribution in [0.5, 0.6) is 5.75 Å². The molecule has 2 unspecified atom stereocenters. The van der Waals surface area contributed by atoms with Crippen molar-refractivity contribution in [1.82, 2.24) is 9.80 Å². The second-order valence-corrected chi connectivity index (χ2v) is 8.62. The van der Waals surface area contributed by atoms with Gasteiger partial charge in [0, 0.05) is 44.8 Å². The summed E-state index contributed by atoms with van der Waals surface area (Å²) in [4.78, 5) is 32.8. The maximum Gasteiger partial charge on any atom is 0.228 e. The van der Waals surface area contributed by atoms with Gasteiger partial charge in [0.25, 0.3) is 0 Å². The van der Waals surface area contributed by atoms with Crippen LogP contribution in [0.4, 0.5) is 5.69 Å². The summed E-state index contributed by atoms with van der Waals surface area (Å²) in [5.74, 6) is 0.625. The monoisotopic (exact) mass is 435 g/mol. The molecule has 6 heteroatoms. The first-order valence-electron chi connectivity index (χ1n) is 11.6. The van der Waals surface area contributed by atoms with Crippen LogP contribution in [0, 0.1) is 5.92 Å². The number of carbonyl (C=O) groups is 2. The summed E-state index contributed by atoms with van der Waals surface area (Å²) in [6.45, 7) is 5.80. The van der Waals surface area contributed by atoms with Crippen molar-refractivity contribution >= 4 is 17.5 Å². The van der Waals surface area contributed by atoms with Crippen LogP contribution in [-0.2, 0) is 9.59 Å². The zero-order chi connectivity index (χ0) is 22.5. The molecule has 2 aromatic carbocycles. The summed E-state index contributed by atoms with van der Waals surface area (Å²) >= 11 is 0. The maximum absolute atomic E-state index is 13.6. The van der Waals surface area contributed by atoms with E-state index in [0.717, 1.165) is 37.2 Å². The molecule has 0 radical (unpaired) electrons. The van der Waals surface area contributed by atoms with E-state index in [1.807, 2.05) is 52.3 Å². The Kier molecular flexibility index (Phi) is 6.98. The van der Waals surface area contributed by atoms with Crippen molar-refractivity contribution in [3.05, 3.63) is 60.2 Å². The highest BCUT2D eigenvalue weighted by Gasteiger charge is 2.45. The number of hydrogen-bond acceptors (Lipinski definition) is 4. The molecule has 0 spiro atoms. The van der Waals surface area contributed by atoms with E-state index in [9.17, 15) is 9.59 Å². The van der Waals surface area contributed by atoms with E-state index in [2.05, 4.69) is 24.0 Å². The predicted molar refractivity (Wildman–Crippen MR) is 126 cm³/mol. The average Bonchev–Trinajstić information content (AvgIpc) is 3.18. The molecule has 0 aliphatic carbocycles. The molecule has 170 valence electrons. The van der Waals surface area contributed by atoms with Crippen molar-refractivity contribution in [1.29, 1.82) is 0 Å². The third kappa shape index (κ3) is 4.59. The topological polar surface area (TPSA) is 53.1 Å². The van der Waals surface area contributed by atoms with E-state index in [4.69, 9.17) is 4.74 Å². The van der Waals surface area contributed by atoms with Gasteiger partial charge in [-0.25, -0.2) is 0 Å². The van der Waals surface area contributed by atoms with E-state index < -0.39 is 0 Å². The van der Waals surface area contributed by atoms with Gasteiger partial charge in [0.15, 0.2) is 0 Å². The third-order valence-electron chi connectivity index (χ3n) is 6.67. The molecule has 2 heterocycles. The number of carbonyl (C=O) groups excluding carboxylic acids is 2. The molecule has 2 atom stereocenters. The van der Waals surface area contributed by atoms with Crippen molar-refractivity contribution in [3.8, 4) is 5.75 Å². The van der Waals surface area contributed by atoms with Crippen LogP contribution in [0.1, 0.15) is 37.8 Å². The van der Waals surface area contributed by atoms with Gasteiger partial charge < -0.3 is 19.4 Å². The van der Waals surface area contributed by atoms with Crippen LogP contribution < -0.4 is 9.64 Å². The lowest BCUT2D eigenvalue weighted by molar-refractivity contribution is -0.136. The molecule has 0 bridgehead atoms. The van der Waals surface area contributed by atoms with Gasteiger partial charge in [0.2, 0.25) is 11.8 Å². The van der Waals surface area contributed by atoms with Gasteiger partial charge in [-0.05, 0) is 36.2 Å². The van der Waals surface area contributed by atoms with Crippen molar-refractivity contribution in [2.75, 3.05) is 44.7 Å². The second kappa shape index (κ2) is 10.1. The SMILES string of the molecule is CCCCN1C(=O)CC(C(=O)N2CCN(c3ccccc3)CC2)C1c1ccc(OC)cc1. The number of rotatable bonds is 7. The number of unbranched alkanes of at least 4 members (excludes halogenated alkanes) is 1. The molecule has 32 heavy (non-hydrogen) atoms. The maximum atomic E-state index is 13.6. The smallest absolute Gasteiger partial charge is 0.228 e. The zero-order valence-electron chi connectivity index (χ0n) is 19.1. The molecule has 6 nitrogen and oxygen atoms in total. The number of likely N-dealkylation sites (tertiary alicyclic amines) is 1. The lowest BCUT2D eigenvalue weighted by Gasteiger charge is -2.38. The standard InChI is InChI=1S/C26H33N3O3/c1-3-4-14-29-24(30)19-23(25(29)20-10-12-22(32-2)13-11-20)26(31)28-17-15-27(16-18-28)21-8-6-5-7-9-21/h5-13,23,25H,3-4,14-19H2,1-2H3. The largest absolute Gasteiger partial charge is 0.497 e. The van der Waals surface area contributed by atoms with Crippen LogP contribution in [0.25, 0.3) is 0 Å². The number of amides is 2. The molecule has 2 saturated heterocycles. The quantitative estimate of drug-likeness (QED) is 0.665. The predicted octanol–water partition coefficient (Wildman–Crippen LogP) is 3.73. The number of methoxy groups -OCH3 is 1. The lowest BCUT2D eigenvalue weighted by atomic mass is 9.91. The number of benzene rings is 2. The first-order valence-corrected chi connectivity index (χ1v) is 11.6. The Bertz CT molecular complexity index is 908. The molecular formula is C26H33N3O3. The normalized spacial score (nSPS) is 21.2. The average molecular weight is 436 g/mol. The molecule has 2 aromatic rings. The van der Waals surface area contributed by atoms with Crippen molar-refractivity contribution < 1.29 is 14.3 Å². The van der Waals surface area contributed by atoms with Crippen LogP contribution in [-0.4, -0.2) is 61.4 Å². The third-order valence-corrected chi connectivity index (χ3v) is 6.67. The van der Waals surface area contributed by atoms with Crippen molar-refractivity contribution in [2.24, 2.45) is 5.92 Å². The van der Waals surface area contributed by atoms with Gasteiger partial charge in [0.05, 0.1) is 19.1 Å². The Morgan fingerprint density at radius 2 is 1.69 bits per heavy atom. The van der Waals surface area contributed by atoms with E-state index >= 15 is 0 Å². The highest BCUT2D eigenvalue weighted by atomic mass is 16.5. The Hall–Kier alpha value is -3.02. The summed E-state index contributed by atoms with van der Waals surface area (Å²) in [5, 5.41) is 0. The van der Waals surface area contributed by atoms with Gasteiger partial charge in [-0.3, -0.25) is 9.59 Å². The summed E-state index contributed by atoms with van der Waals surface area (Å²) in [5.41, 5.74) is 2.20. The number of nitrogens with zero attached hydrogens (tertiary/aromatic N) is 3. The molecule has 4 rings (SSSR count). The number of ether oxygens (including phenoxy) is 1. The first kappa shape index (κ1) is 22.2. The van der Waals surface area contributed by atoms with Gasteiger partial charge >= 0.3 is 0 Å². The molecule has 2 aliphatic heterocycles. The summed E-state index contributed by atoms with van der Waals surface area (Å²) in [6.07, 6.45) is 2.24. The molecule has 2 amide bonds. The Labute approximate surface area is 190 Å². The lowest BCUT2D eigenvalue weighted by Crippen LogP contribution is -2.51. The van der Waals surface area contributed by atoms with Crippen LogP contribution >= 0.6 is 0 Å². The van der Waals surface area contributed by atoms with Crippen LogP contribution in [0.15, 0.2) is 54.6 Å². The Morgan fingerprint density at radius 3 is 2.31 bits per heavy atom. The van der Waals surface area contributed by atoms with Crippen LogP contribution in [0.2, 0.25) is 0 Å². The van der Waals surface area contributed by atoms with Gasteiger partial charge in [-0.15, -0.1) is 0 Å². The fraction of sp³-hybridized carbons (Fsp3) is 0.462. The van der Waals surface area contributed by atoms with Crippen LogP contribution in [0.3, 0.4) is 0 Å². The number of hydrogen-bond donors (Lipinski definition) is 0. The fourth-order valence-corrected chi connectivity index (χ4v) is 4.88. The summed E-state index contributed by atoms with van der Waals surface area (Å²) in [7, 11) is 1.64. The highest BCUT2D eigenvalue weighted by Crippen LogP contribution is 2.40. The number of anilines is 1. The minimum atomic E-state index is -0.337. The molecule has 2 fully saturated rings. The van der Waals surface area contributed by atoms with Crippen molar-refractivity contribution in [3.63, 3.8) is 0 Å². The fourth-order valence-electron chi connectivity index (χ4n) is 4.88. The number of piperazine rings is 1. The molecule has 0 saturated carbocycles. The van der Waals surface area contributed by atoms with Gasteiger partial charge in [-0.2, -0.15) is 0 Å². The summed E-state index contributed by atoms with van der Waals surface area (Å²) in [6, 6.07) is 17.9. The van der Waals surface area contributed by atoms with E-state index in [-0.39, 0.29) is 30.2 Å². The number of para-hydroxylation sites is 1. The minimum Gasteiger partial charge on any atom is -0.497 e. The Morgan fingerprint density at radius 1 is 1.00 bits per heavy atom. The molecule has 0 N–H and O–H groups in total. The zero-order valence-corrected chi connectivity index (χ0v) is 19.1. The van der Waals surface area contributed by atoms with E-state index in [1.54, 1.807) is 7.11 Å². The van der Waals surface area contributed by atoms with Gasteiger partial charge in [-0.1, -0.05) is 43.7 Å². The van der Waals surface area contributed by atoms with E-state index in [1.165, 1.54) is 5.69 Å². The molecule has 2 aliphatic rings. The van der Waals surface area contributed by atoms with Gasteiger partial charge in [0.1, 0.15) is 5.75 Å². The first-order chi connectivity index (χ1) is 15.6. The molecular weight excluding hydrogens is 402 g/mol. The second-order valence-electron chi connectivity index (χ2n) is 8.62. The highest BCUT2D eigenvalue weighted by molar-refractivity contribution is 5.90. The van der Waals surface area contributed by atoms with Crippen molar-refractivity contribution in [2.45, 2.75) is 32.2 Å². The summed E-state index contributed by atoms with van der Waals surface area (Å²) < 4.78 is 5.30. The molecule has 0 aromatic heterocycles.